The van der Waals surface area contributed by atoms with Gasteiger partial charge in [-0.05, 0) is 30.7 Å². The Morgan fingerprint density at radius 3 is 2.57 bits per heavy atom. The number of carbonyl (C=O) groups excluding carboxylic acids is 2. The number of anilines is 1. The van der Waals surface area contributed by atoms with Gasteiger partial charge in [-0.2, -0.15) is 0 Å². The first-order chi connectivity index (χ1) is 13.5. The Morgan fingerprint density at radius 2 is 1.86 bits per heavy atom. The van der Waals surface area contributed by atoms with Crippen molar-refractivity contribution in [1.29, 1.82) is 0 Å². The summed E-state index contributed by atoms with van der Waals surface area (Å²) in [5, 5.41) is 4.88. The molecule has 3 aromatic rings. The molecule has 7 nitrogen and oxygen atoms in total. The number of para-hydroxylation sites is 1. The van der Waals surface area contributed by atoms with Crippen LogP contribution < -0.4 is 10.6 Å². The highest BCUT2D eigenvalue weighted by molar-refractivity contribution is 6.09. The molecule has 3 rings (SSSR count). The number of nitrogens with zero attached hydrogens (tertiary/aromatic N) is 2. The number of benzene rings is 1. The molecule has 0 aliphatic heterocycles. The van der Waals surface area contributed by atoms with E-state index in [0.29, 0.717) is 25.1 Å². The van der Waals surface area contributed by atoms with Crippen LogP contribution in [0.15, 0.2) is 42.6 Å². The normalized spacial score (nSPS) is 10.8. The number of hydrogen-bond acceptors (Lipinski definition) is 4. The predicted octanol–water partition coefficient (Wildman–Crippen LogP) is 2.63. The van der Waals surface area contributed by atoms with Gasteiger partial charge in [-0.15, -0.1) is 0 Å². The molecule has 0 saturated carbocycles. The fourth-order valence-corrected chi connectivity index (χ4v) is 2.65. The Hall–Kier alpha value is -3.33. The van der Waals surface area contributed by atoms with E-state index in [1.54, 1.807) is 31.5 Å². The Morgan fingerprint density at radius 1 is 1.11 bits per heavy atom. The minimum atomic E-state index is -0.909. The average Bonchev–Trinajstić information content (AvgIpc) is 3.08. The predicted molar refractivity (Wildman–Crippen MR) is 98.3 cm³/mol. The lowest BCUT2D eigenvalue weighted by Gasteiger charge is -2.06. The van der Waals surface area contributed by atoms with Gasteiger partial charge in [0, 0.05) is 26.5 Å². The lowest BCUT2D eigenvalue weighted by atomic mass is 10.2. The van der Waals surface area contributed by atoms with Crippen molar-refractivity contribution in [1.82, 2.24) is 14.7 Å². The number of amides is 2. The molecule has 1 aromatic carbocycles. The van der Waals surface area contributed by atoms with Crippen LogP contribution in [0.4, 0.5) is 14.5 Å². The minimum Gasteiger partial charge on any atom is -0.385 e. The van der Waals surface area contributed by atoms with Crippen LogP contribution in [0.3, 0.4) is 0 Å². The topological polar surface area (TPSA) is 84.7 Å². The van der Waals surface area contributed by atoms with E-state index in [1.165, 1.54) is 10.5 Å². The molecule has 2 aromatic heterocycles. The second kappa shape index (κ2) is 8.57. The maximum absolute atomic E-state index is 13.8. The Labute approximate surface area is 159 Å². The summed E-state index contributed by atoms with van der Waals surface area (Å²) >= 11 is 0. The molecule has 28 heavy (non-hydrogen) atoms. The van der Waals surface area contributed by atoms with Crippen LogP contribution in [0.5, 0.6) is 0 Å². The number of pyridine rings is 1. The SMILES string of the molecule is COCCCNC(=O)c1nc(C(=O)Nc2c(F)cccc2F)c2ccccn12. The quantitative estimate of drug-likeness (QED) is 0.610. The van der Waals surface area contributed by atoms with Crippen molar-refractivity contribution in [3.05, 3.63) is 65.7 Å². The molecule has 2 amide bonds. The van der Waals surface area contributed by atoms with Crippen molar-refractivity contribution in [2.75, 3.05) is 25.6 Å². The average molecular weight is 388 g/mol. The maximum Gasteiger partial charge on any atom is 0.287 e. The molecule has 0 radical (unpaired) electrons. The number of halogens is 2. The summed E-state index contributed by atoms with van der Waals surface area (Å²) in [5.41, 5.74) is -0.362. The first-order valence-electron chi connectivity index (χ1n) is 8.52. The molecular weight excluding hydrogens is 370 g/mol. The molecule has 2 heterocycles. The van der Waals surface area contributed by atoms with Gasteiger partial charge in [0.2, 0.25) is 5.82 Å². The summed E-state index contributed by atoms with van der Waals surface area (Å²) in [6.45, 7) is 0.862. The van der Waals surface area contributed by atoms with Gasteiger partial charge in [0.05, 0.1) is 5.52 Å². The molecular formula is C19H18F2N4O3. The van der Waals surface area contributed by atoms with Crippen LogP contribution >= 0.6 is 0 Å². The van der Waals surface area contributed by atoms with Gasteiger partial charge in [-0.1, -0.05) is 12.1 Å². The number of nitrogens with one attached hydrogen (secondary N) is 2. The second-order valence-corrected chi connectivity index (χ2v) is 5.89. The monoisotopic (exact) mass is 388 g/mol. The first kappa shape index (κ1) is 19.4. The van der Waals surface area contributed by atoms with Crippen LogP contribution in [0.2, 0.25) is 0 Å². The first-order valence-corrected chi connectivity index (χ1v) is 8.52. The van der Waals surface area contributed by atoms with E-state index in [0.717, 1.165) is 12.1 Å². The van der Waals surface area contributed by atoms with Gasteiger partial charge < -0.3 is 15.4 Å². The van der Waals surface area contributed by atoms with Crippen molar-refractivity contribution < 1.29 is 23.1 Å². The van der Waals surface area contributed by atoms with Gasteiger partial charge in [0.1, 0.15) is 17.3 Å². The zero-order chi connectivity index (χ0) is 20.1. The van der Waals surface area contributed by atoms with Gasteiger partial charge in [0.15, 0.2) is 5.69 Å². The molecule has 0 aliphatic carbocycles. The van der Waals surface area contributed by atoms with E-state index in [1.807, 2.05) is 0 Å². The van der Waals surface area contributed by atoms with E-state index in [2.05, 4.69) is 15.6 Å². The van der Waals surface area contributed by atoms with E-state index < -0.39 is 29.1 Å². The van der Waals surface area contributed by atoms with E-state index in [-0.39, 0.29) is 11.5 Å². The number of methoxy groups -OCH3 is 1. The van der Waals surface area contributed by atoms with Crippen molar-refractivity contribution in [2.45, 2.75) is 6.42 Å². The van der Waals surface area contributed by atoms with Crippen molar-refractivity contribution in [3.63, 3.8) is 0 Å². The molecule has 2 N–H and O–H groups in total. The summed E-state index contributed by atoms with van der Waals surface area (Å²) in [7, 11) is 1.56. The maximum atomic E-state index is 13.8. The number of hydrogen-bond donors (Lipinski definition) is 2. The number of carbonyl (C=O) groups is 2. The Balaban J connectivity index is 1.89. The van der Waals surface area contributed by atoms with Crippen molar-refractivity contribution >= 4 is 23.0 Å². The molecule has 146 valence electrons. The van der Waals surface area contributed by atoms with Crippen LogP contribution in [0, 0.1) is 11.6 Å². The van der Waals surface area contributed by atoms with E-state index in [4.69, 9.17) is 4.74 Å². The van der Waals surface area contributed by atoms with Crippen LogP contribution in [0.1, 0.15) is 27.5 Å². The third-order valence-corrected chi connectivity index (χ3v) is 3.98. The summed E-state index contributed by atoms with van der Waals surface area (Å²) in [6, 6.07) is 8.18. The standard InChI is InChI=1S/C19H18F2N4O3/c1-28-11-5-9-22-19(27)17-23-16(14-8-2-3-10-25(14)17)18(26)24-15-12(20)6-4-7-13(15)21/h2-4,6-8,10H,5,9,11H2,1H3,(H,22,27)(H,24,26). The summed E-state index contributed by atoms with van der Waals surface area (Å²) < 4.78 is 34.0. The van der Waals surface area contributed by atoms with Crippen LogP contribution in [-0.4, -0.2) is 41.5 Å². The highest BCUT2D eigenvalue weighted by Crippen LogP contribution is 2.20. The number of rotatable bonds is 7. The third kappa shape index (κ3) is 3.99. The minimum absolute atomic E-state index is 0.00725. The van der Waals surface area contributed by atoms with Crippen LogP contribution in [-0.2, 0) is 4.74 Å². The Kier molecular flexibility index (Phi) is 5.95. The van der Waals surface area contributed by atoms with Crippen molar-refractivity contribution in [3.8, 4) is 0 Å². The number of imidazole rings is 1. The van der Waals surface area contributed by atoms with E-state index >= 15 is 0 Å². The van der Waals surface area contributed by atoms with Gasteiger partial charge in [-0.3, -0.25) is 14.0 Å². The number of fused-ring (bicyclic) bond motifs is 1. The van der Waals surface area contributed by atoms with Gasteiger partial charge >= 0.3 is 0 Å². The number of aromatic nitrogens is 2. The number of ether oxygens (including phenoxy) is 1. The second-order valence-electron chi connectivity index (χ2n) is 5.89. The summed E-state index contributed by atoms with van der Waals surface area (Å²) in [4.78, 5) is 29.1. The molecule has 0 saturated heterocycles. The third-order valence-electron chi connectivity index (χ3n) is 3.98. The van der Waals surface area contributed by atoms with Crippen molar-refractivity contribution in [2.24, 2.45) is 0 Å². The largest absolute Gasteiger partial charge is 0.385 e. The molecule has 0 spiro atoms. The van der Waals surface area contributed by atoms with Gasteiger partial charge in [0.25, 0.3) is 11.8 Å². The zero-order valence-electron chi connectivity index (χ0n) is 15.0. The summed E-state index contributed by atoms with van der Waals surface area (Å²) in [5.74, 6) is -3.13. The fourth-order valence-electron chi connectivity index (χ4n) is 2.65. The van der Waals surface area contributed by atoms with E-state index in [9.17, 15) is 18.4 Å². The highest BCUT2D eigenvalue weighted by Gasteiger charge is 2.22. The lowest BCUT2D eigenvalue weighted by molar-refractivity contribution is 0.0937. The lowest BCUT2D eigenvalue weighted by Crippen LogP contribution is -2.27. The molecule has 0 atom stereocenters. The molecule has 9 heteroatoms. The molecule has 0 bridgehead atoms. The fraction of sp³-hybridized carbons (Fsp3) is 0.211. The molecule has 0 aliphatic rings. The molecule has 0 unspecified atom stereocenters. The molecule has 0 fully saturated rings. The van der Waals surface area contributed by atoms with Gasteiger partial charge in [-0.25, -0.2) is 13.8 Å². The summed E-state index contributed by atoms with van der Waals surface area (Å²) in [6.07, 6.45) is 2.19. The Bertz CT molecular complexity index is 999. The smallest absolute Gasteiger partial charge is 0.287 e. The highest BCUT2D eigenvalue weighted by atomic mass is 19.1. The zero-order valence-corrected chi connectivity index (χ0v) is 15.0. The van der Waals surface area contributed by atoms with Crippen LogP contribution in [0.25, 0.3) is 5.52 Å².